The molecule has 27 heavy (non-hydrogen) atoms. The maximum Gasteiger partial charge on any atom is 0.263 e. The van der Waals surface area contributed by atoms with Crippen LogP contribution in [0.15, 0.2) is 12.1 Å². The first-order chi connectivity index (χ1) is 12.8. The highest BCUT2D eigenvalue weighted by molar-refractivity contribution is 14.1. The number of pyridine rings is 1. The third kappa shape index (κ3) is 4.32. The number of ether oxygens (including phenoxy) is 1. The summed E-state index contributed by atoms with van der Waals surface area (Å²) in [6.07, 6.45) is 1.57. The summed E-state index contributed by atoms with van der Waals surface area (Å²) in [5, 5.41) is 15.6. The summed E-state index contributed by atoms with van der Waals surface area (Å²) in [5.74, 6) is -0.160. The molecule has 0 spiro atoms. The highest BCUT2D eigenvalue weighted by Gasteiger charge is 2.28. The first-order valence-corrected chi connectivity index (χ1v) is 10.4. The lowest BCUT2D eigenvalue weighted by molar-refractivity contribution is -0.619. The molecule has 1 heterocycles. The molecule has 2 rings (SSSR count). The average Bonchev–Trinajstić information content (AvgIpc) is 2.64. The zero-order chi connectivity index (χ0) is 20.3. The fourth-order valence-corrected chi connectivity index (χ4v) is 4.24. The lowest BCUT2D eigenvalue weighted by Gasteiger charge is -2.18. The van der Waals surface area contributed by atoms with E-state index in [1.54, 1.807) is 20.8 Å². The number of rotatable bonds is 6. The van der Waals surface area contributed by atoms with Crippen molar-refractivity contribution >= 4 is 45.8 Å². The van der Waals surface area contributed by atoms with Gasteiger partial charge in [0.2, 0.25) is 17.1 Å². The van der Waals surface area contributed by atoms with Gasteiger partial charge in [-0.05, 0) is 65.6 Å². The lowest BCUT2D eigenvalue weighted by Crippen LogP contribution is -2.37. The second-order valence-corrected chi connectivity index (χ2v) is 7.80. The van der Waals surface area contributed by atoms with Gasteiger partial charge in [-0.1, -0.05) is 25.4 Å². The van der Waals surface area contributed by atoms with Gasteiger partial charge < -0.3 is 15.3 Å². The van der Waals surface area contributed by atoms with Crippen molar-refractivity contribution in [3.63, 3.8) is 0 Å². The van der Waals surface area contributed by atoms with Gasteiger partial charge in [-0.25, -0.2) is 0 Å². The molecule has 0 aliphatic carbocycles. The number of anilines is 1. The number of aromatic nitrogens is 1. The van der Waals surface area contributed by atoms with E-state index in [0.29, 0.717) is 17.0 Å². The molecule has 1 amide bonds. The van der Waals surface area contributed by atoms with Gasteiger partial charge in [0.1, 0.15) is 10.6 Å². The van der Waals surface area contributed by atoms with E-state index in [4.69, 9.17) is 16.3 Å². The predicted molar refractivity (Wildman–Crippen MR) is 117 cm³/mol. The number of aryl methyl sites for hydroxylation is 2. The number of carbonyl (C=O) groups excluding carboxylic acids is 1. The SMILES string of the molecule is CCOc1c(Cl)c(C(=O)Nc2c(CC)cc(I)cc2CC)c(C)[n+]([O-])c1C. The molecule has 2 aromatic rings. The minimum absolute atomic E-state index is 0.142. The Morgan fingerprint density at radius 1 is 1.19 bits per heavy atom. The molecule has 1 aromatic carbocycles. The van der Waals surface area contributed by atoms with Gasteiger partial charge in [0.05, 0.1) is 6.61 Å². The number of nitrogens with zero attached hydrogens (tertiary/aromatic N) is 1. The number of amides is 1. The molecule has 0 fully saturated rings. The van der Waals surface area contributed by atoms with E-state index in [9.17, 15) is 10.0 Å². The normalized spacial score (nSPS) is 10.8. The number of benzene rings is 1. The average molecular weight is 503 g/mol. The standard InChI is InChI=1S/C20H24ClIN2O3/c1-6-13-9-15(22)10-14(7-2)18(13)23-20(25)16-11(4)24(26)12(5)19(17(16)21)27-8-3/h9-10H,6-8H2,1-5H3,(H,23,25). The Morgan fingerprint density at radius 3 is 2.22 bits per heavy atom. The lowest BCUT2D eigenvalue weighted by atomic mass is 10.0. The second kappa shape index (κ2) is 9.10. The molecular formula is C20H24ClIN2O3. The quantitative estimate of drug-likeness (QED) is 0.345. The second-order valence-electron chi connectivity index (χ2n) is 6.18. The Labute approximate surface area is 178 Å². The van der Waals surface area contributed by atoms with E-state index in [0.717, 1.165) is 33.2 Å². The summed E-state index contributed by atoms with van der Waals surface area (Å²) in [6.45, 7) is 9.46. The minimum Gasteiger partial charge on any atom is -0.618 e. The van der Waals surface area contributed by atoms with E-state index in [2.05, 4.69) is 40.0 Å². The van der Waals surface area contributed by atoms with Gasteiger partial charge in [-0.2, -0.15) is 4.73 Å². The van der Waals surface area contributed by atoms with Crippen LogP contribution in [-0.2, 0) is 12.8 Å². The number of nitrogens with one attached hydrogen (secondary N) is 1. The van der Waals surface area contributed by atoms with Gasteiger partial charge >= 0.3 is 0 Å². The maximum absolute atomic E-state index is 13.1. The van der Waals surface area contributed by atoms with E-state index >= 15 is 0 Å². The molecule has 0 atom stereocenters. The molecule has 1 aromatic heterocycles. The van der Waals surface area contributed by atoms with E-state index in [-0.39, 0.29) is 22.0 Å². The van der Waals surface area contributed by atoms with Crippen LogP contribution < -0.4 is 14.8 Å². The Bertz CT molecular complexity index is 859. The number of halogens is 2. The molecule has 0 radical (unpaired) electrons. The van der Waals surface area contributed by atoms with E-state index in [1.807, 2.05) is 13.8 Å². The Balaban J connectivity index is 2.58. The van der Waals surface area contributed by atoms with Gasteiger partial charge in [0, 0.05) is 23.1 Å². The smallest absolute Gasteiger partial charge is 0.263 e. The van der Waals surface area contributed by atoms with Crippen molar-refractivity contribution in [1.82, 2.24) is 0 Å². The molecule has 0 unspecified atom stereocenters. The molecule has 0 saturated heterocycles. The van der Waals surface area contributed by atoms with Crippen molar-refractivity contribution in [2.45, 2.75) is 47.5 Å². The third-order valence-electron chi connectivity index (χ3n) is 4.50. The molecule has 146 valence electrons. The van der Waals surface area contributed by atoms with Crippen LogP contribution in [0.2, 0.25) is 5.02 Å². The summed E-state index contributed by atoms with van der Waals surface area (Å²) in [5.41, 5.74) is 3.62. The summed E-state index contributed by atoms with van der Waals surface area (Å²) in [7, 11) is 0. The molecule has 7 heteroatoms. The van der Waals surface area contributed by atoms with Crippen molar-refractivity contribution in [3.05, 3.63) is 54.0 Å². The van der Waals surface area contributed by atoms with Gasteiger partial charge in [-0.3, -0.25) is 4.79 Å². The first-order valence-electron chi connectivity index (χ1n) is 8.94. The van der Waals surface area contributed by atoms with Gasteiger partial charge in [0.15, 0.2) is 0 Å². The summed E-state index contributed by atoms with van der Waals surface area (Å²) in [6, 6.07) is 4.11. The van der Waals surface area contributed by atoms with Crippen LogP contribution in [0.3, 0.4) is 0 Å². The Kier molecular flexibility index (Phi) is 7.33. The summed E-state index contributed by atoms with van der Waals surface area (Å²) in [4.78, 5) is 13.1. The highest BCUT2D eigenvalue weighted by Crippen LogP contribution is 2.33. The zero-order valence-corrected chi connectivity index (χ0v) is 19.1. The van der Waals surface area contributed by atoms with Crippen molar-refractivity contribution in [2.75, 3.05) is 11.9 Å². The van der Waals surface area contributed by atoms with Crippen molar-refractivity contribution in [1.29, 1.82) is 0 Å². The largest absolute Gasteiger partial charge is 0.618 e. The molecule has 1 N–H and O–H groups in total. The van der Waals surface area contributed by atoms with E-state index in [1.165, 1.54) is 0 Å². The molecule has 0 bridgehead atoms. The zero-order valence-electron chi connectivity index (χ0n) is 16.2. The fraction of sp³-hybridized carbons (Fsp3) is 0.400. The minimum atomic E-state index is -0.409. The van der Waals surface area contributed by atoms with Crippen LogP contribution in [-0.4, -0.2) is 12.5 Å². The number of hydrogen-bond donors (Lipinski definition) is 1. The van der Waals surface area contributed by atoms with Crippen LogP contribution in [0.4, 0.5) is 5.69 Å². The van der Waals surface area contributed by atoms with Crippen LogP contribution in [0, 0.1) is 22.6 Å². The van der Waals surface area contributed by atoms with E-state index < -0.39 is 5.91 Å². The van der Waals surface area contributed by atoms with Crippen LogP contribution >= 0.6 is 34.2 Å². The first kappa shape index (κ1) is 21.8. The number of carbonyl (C=O) groups is 1. The number of hydrogen-bond acceptors (Lipinski definition) is 3. The molecule has 5 nitrogen and oxygen atoms in total. The van der Waals surface area contributed by atoms with Crippen LogP contribution in [0.5, 0.6) is 5.75 Å². The van der Waals surface area contributed by atoms with Crippen molar-refractivity contribution in [3.8, 4) is 5.75 Å². The predicted octanol–water partition coefficient (Wildman–Crippen LogP) is 4.97. The monoisotopic (exact) mass is 502 g/mol. The highest BCUT2D eigenvalue weighted by atomic mass is 127. The van der Waals surface area contributed by atoms with Crippen molar-refractivity contribution in [2.24, 2.45) is 0 Å². The third-order valence-corrected chi connectivity index (χ3v) is 5.48. The van der Waals surface area contributed by atoms with Crippen LogP contribution in [0.25, 0.3) is 0 Å². The molecule has 0 saturated carbocycles. The van der Waals surface area contributed by atoms with Gasteiger partial charge in [-0.15, -0.1) is 0 Å². The van der Waals surface area contributed by atoms with Crippen LogP contribution in [0.1, 0.15) is 53.6 Å². The molecule has 0 aliphatic heterocycles. The Morgan fingerprint density at radius 2 is 1.74 bits per heavy atom. The topological polar surface area (TPSA) is 65.3 Å². The molecular weight excluding hydrogens is 479 g/mol. The van der Waals surface area contributed by atoms with Crippen molar-refractivity contribution < 1.29 is 14.3 Å². The van der Waals surface area contributed by atoms with Gasteiger partial charge in [0.25, 0.3) is 5.91 Å². The molecule has 0 aliphatic rings. The summed E-state index contributed by atoms with van der Waals surface area (Å²) < 4.78 is 7.34. The Hall–Kier alpha value is -1.54. The summed E-state index contributed by atoms with van der Waals surface area (Å²) >= 11 is 8.74. The fourth-order valence-electron chi connectivity index (χ4n) is 3.07. The maximum atomic E-state index is 13.1.